The number of terminal acetylenes is 1. The number of anilines is 1. The standard InChI is InChI=1S/C21H24N4.C7H14N2O2.C2H6/c1-6-19(21(23)18-10-9-13(2)14(3)20(18)22)25-16(5)15(4)17-8-7-11-24-12-17;10-7-8-1-2-9-3-5-11-6-4-9;1-2/h1,7-12,21H,22-23H2,2-5H3;7H,1-6H2,(H,8,10);1-2H3/b16-15+,25-19?;;. The zero-order chi connectivity index (χ0) is 28.5. The van der Waals surface area contributed by atoms with E-state index in [1.54, 1.807) is 12.4 Å². The van der Waals surface area contributed by atoms with Crippen molar-refractivity contribution in [3.8, 4) is 12.3 Å². The Hall–Kier alpha value is -3.51. The van der Waals surface area contributed by atoms with Crippen LogP contribution in [0.4, 0.5) is 5.69 Å². The van der Waals surface area contributed by atoms with Gasteiger partial charge in [-0.1, -0.05) is 38.0 Å². The van der Waals surface area contributed by atoms with E-state index in [9.17, 15) is 4.79 Å². The van der Waals surface area contributed by atoms with Gasteiger partial charge in [0.2, 0.25) is 6.41 Å². The molecular weight excluding hydrogens is 476 g/mol. The van der Waals surface area contributed by atoms with Crippen molar-refractivity contribution in [1.29, 1.82) is 0 Å². The first-order valence-electron chi connectivity index (χ1n) is 13.0. The lowest BCUT2D eigenvalue weighted by atomic mass is 9.96. The zero-order valence-corrected chi connectivity index (χ0v) is 23.8. The van der Waals surface area contributed by atoms with Crippen LogP contribution in [-0.4, -0.2) is 61.4 Å². The maximum atomic E-state index is 9.89. The lowest BCUT2D eigenvalue weighted by Gasteiger charge is -2.26. The third-order valence-electron chi connectivity index (χ3n) is 6.28. The second kappa shape index (κ2) is 17.9. The number of nitrogen functional groups attached to an aromatic ring is 1. The molecule has 2 heterocycles. The molecule has 0 saturated carbocycles. The van der Waals surface area contributed by atoms with Crippen LogP contribution in [0.3, 0.4) is 0 Å². The van der Waals surface area contributed by atoms with E-state index in [2.05, 4.69) is 26.1 Å². The van der Waals surface area contributed by atoms with Crippen molar-refractivity contribution in [1.82, 2.24) is 15.2 Å². The van der Waals surface area contributed by atoms with E-state index in [0.717, 1.165) is 79.3 Å². The molecule has 5 N–H and O–H groups in total. The molecule has 38 heavy (non-hydrogen) atoms. The molecule has 1 fully saturated rings. The molecule has 8 heteroatoms. The summed E-state index contributed by atoms with van der Waals surface area (Å²) in [5, 5.41) is 2.63. The molecule has 1 atom stereocenters. The van der Waals surface area contributed by atoms with Gasteiger partial charge in [-0.3, -0.25) is 14.7 Å². The molecule has 0 radical (unpaired) electrons. The summed E-state index contributed by atoms with van der Waals surface area (Å²) >= 11 is 0. The first-order chi connectivity index (χ1) is 18.3. The Balaban J connectivity index is 0.000000463. The summed E-state index contributed by atoms with van der Waals surface area (Å²) < 4.78 is 5.17. The number of nitrogens with one attached hydrogen (secondary N) is 1. The summed E-state index contributed by atoms with van der Waals surface area (Å²) in [5.41, 5.74) is 19.5. The fourth-order valence-electron chi connectivity index (χ4n) is 3.63. The third-order valence-corrected chi connectivity index (χ3v) is 6.28. The highest BCUT2D eigenvalue weighted by atomic mass is 16.5. The summed E-state index contributed by atoms with van der Waals surface area (Å²) in [5.74, 6) is 2.62. The number of rotatable bonds is 8. The van der Waals surface area contributed by atoms with Crippen molar-refractivity contribution in [2.45, 2.75) is 47.6 Å². The molecule has 1 aromatic heterocycles. The monoisotopic (exact) mass is 520 g/mol. The van der Waals surface area contributed by atoms with Crippen LogP contribution >= 0.6 is 0 Å². The van der Waals surface area contributed by atoms with Crippen LogP contribution in [0.5, 0.6) is 0 Å². The molecule has 1 aliphatic heterocycles. The van der Waals surface area contributed by atoms with Crippen LogP contribution in [-0.2, 0) is 9.53 Å². The van der Waals surface area contributed by atoms with Gasteiger partial charge in [0.25, 0.3) is 0 Å². The third kappa shape index (κ3) is 10.1. The van der Waals surface area contributed by atoms with E-state index in [-0.39, 0.29) is 0 Å². The molecule has 1 aliphatic rings. The second-order valence-corrected chi connectivity index (χ2v) is 8.61. The number of morpholine rings is 1. The number of amides is 1. The van der Waals surface area contributed by atoms with Gasteiger partial charge in [0.05, 0.1) is 19.3 Å². The summed E-state index contributed by atoms with van der Waals surface area (Å²) in [4.78, 5) is 20.9. The lowest BCUT2D eigenvalue weighted by molar-refractivity contribution is -0.109. The highest BCUT2D eigenvalue weighted by molar-refractivity contribution is 6.05. The van der Waals surface area contributed by atoms with Crippen LogP contribution in [0.25, 0.3) is 5.57 Å². The predicted octanol–water partition coefficient (Wildman–Crippen LogP) is 3.90. The number of aromatic nitrogens is 1. The minimum atomic E-state index is -0.541. The topological polar surface area (TPSA) is 119 Å². The number of aryl methyl sites for hydroxylation is 1. The van der Waals surface area contributed by atoms with Crippen molar-refractivity contribution in [3.05, 3.63) is 64.6 Å². The van der Waals surface area contributed by atoms with Crippen LogP contribution in [0.15, 0.2) is 47.3 Å². The minimum Gasteiger partial charge on any atom is -0.398 e. The summed E-state index contributed by atoms with van der Waals surface area (Å²) in [6, 6.07) is 7.25. The van der Waals surface area contributed by atoms with Gasteiger partial charge < -0.3 is 21.5 Å². The summed E-state index contributed by atoms with van der Waals surface area (Å²) in [6.45, 7) is 17.2. The first kappa shape index (κ1) is 32.5. The molecule has 1 amide bonds. The maximum absolute atomic E-state index is 9.89. The number of allylic oxidation sites excluding steroid dienone is 2. The molecule has 3 rings (SSSR count). The Morgan fingerprint density at radius 2 is 1.95 bits per heavy atom. The fraction of sp³-hybridized carbons (Fsp3) is 0.433. The number of hydrogen-bond acceptors (Lipinski definition) is 7. The predicted molar refractivity (Wildman–Crippen MR) is 159 cm³/mol. The number of carbonyl (C=O) groups is 1. The van der Waals surface area contributed by atoms with Gasteiger partial charge in [0.15, 0.2) is 0 Å². The number of hydrogen-bond donors (Lipinski definition) is 3. The maximum Gasteiger partial charge on any atom is 0.207 e. The average molecular weight is 521 g/mol. The van der Waals surface area contributed by atoms with Crippen molar-refractivity contribution in [2.24, 2.45) is 10.7 Å². The second-order valence-electron chi connectivity index (χ2n) is 8.61. The SMILES string of the molecule is C#CC(=N/C(C)=C(\C)c1cccnc1)C(N)c1ccc(C)c(C)c1N.CC.O=CNCCN1CCOCC1. The van der Waals surface area contributed by atoms with Crippen molar-refractivity contribution < 1.29 is 9.53 Å². The van der Waals surface area contributed by atoms with E-state index < -0.39 is 6.04 Å². The van der Waals surface area contributed by atoms with Crippen LogP contribution in [0.2, 0.25) is 0 Å². The molecule has 2 aromatic rings. The normalized spacial score (nSPS) is 14.9. The molecule has 1 saturated heterocycles. The molecule has 1 unspecified atom stereocenters. The van der Waals surface area contributed by atoms with Crippen molar-refractivity contribution >= 4 is 23.4 Å². The Morgan fingerprint density at radius 3 is 2.53 bits per heavy atom. The molecule has 0 bridgehead atoms. The summed E-state index contributed by atoms with van der Waals surface area (Å²) in [7, 11) is 0. The van der Waals surface area contributed by atoms with Gasteiger partial charge in [-0.05, 0) is 61.6 Å². The number of carbonyl (C=O) groups excluding carboxylic acids is 1. The molecule has 1 aromatic carbocycles. The van der Waals surface area contributed by atoms with Gasteiger partial charge in [-0.2, -0.15) is 0 Å². The number of nitrogens with two attached hydrogens (primary N) is 2. The van der Waals surface area contributed by atoms with E-state index in [4.69, 9.17) is 22.6 Å². The largest absolute Gasteiger partial charge is 0.398 e. The van der Waals surface area contributed by atoms with E-state index in [1.165, 1.54) is 0 Å². The number of ether oxygens (including phenoxy) is 1. The van der Waals surface area contributed by atoms with Crippen molar-refractivity contribution in [3.63, 3.8) is 0 Å². The van der Waals surface area contributed by atoms with Gasteiger partial charge in [0.1, 0.15) is 5.71 Å². The molecule has 0 spiro atoms. The number of pyridine rings is 1. The average Bonchev–Trinajstić information content (AvgIpc) is 2.96. The Morgan fingerprint density at radius 1 is 1.26 bits per heavy atom. The zero-order valence-electron chi connectivity index (χ0n) is 23.8. The Labute approximate surface area is 228 Å². The highest BCUT2D eigenvalue weighted by Crippen LogP contribution is 2.27. The van der Waals surface area contributed by atoms with Crippen molar-refractivity contribution in [2.75, 3.05) is 45.1 Å². The van der Waals surface area contributed by atoms with E-state index >= 15 is 0 Å². The Kier molecular flexibility index (Phi) is 15.3. The van der Waals surface area contributed by atoms with Gasteiger partial charge in [-0.15, -0.1) is 6.42 Å². The number of benzene rings is 1. The molecule has 0 aliphatic carbocycles. The molecule has 8 nitrogen and oxygen atoms in total. The van der Waals surface area contributed by atoms with E-state index in [0.29, 0.717) is 11.4 Å². The smallest absolute Gasteiger partial charge is 0.207 e. The first-order valence-corrected chi connectivity index (χ1v) is 13.0. The van der Waals surface area contributed by atoms with Crippen LogP contribution in [0, 0.1) is 26.2 Å². The van der Waals surface area contributed by atoms with Gasteiger partial charge in [-0.25, -0.2) is 4.99 Å². The fourth-order valence-corrected chi connectivity index (χ4v) is 3.63. The minimum absolute atomic E-state index is 0.454. The lowest BCUT2D eigenvalue weighted by Crippen LogP contribution is -2.40. The van der Waals surface area contributed by atoms with Gasteiger partial charge in [0, 0.05) is 50.0 Å². The summed E-state index contributed by atoms with van der Waals surface area (Å²) in [6.07, 6.45) is 9.95. The highest BCUT2D eigenvalue weighted by Gasteiger charge is 2.17. The quantitative estimate of drug-likeness (QED) is 0.160. The van der Waals surface area contributed by atoms with Crippen LogP contribution < -0.4 is 16.8 Å². The van der Waals surface area contributed by atoms with Gasteiger partial charge >= 0.3 is 0 Å². The molecular formula is C30H44N6O2. The van der Waals surface area contributed by atoms with Crippen LogP contribution in [0.1, 0.15) is 56.0 Å². The Bertz CT molecular complexity index is 1100. The van der Waals surface area contributed by atoms with E-state index in [1.807, 2.05) is 65.8 Å². The molecule has 206 valence electrons. The number of nitrogens with zero attached hydrogens (tertiary/aromatic N) is 3. The number of aliphatic imine (C=N–C) groups is 1.